The van der Waals surface area contributed by atoms with Gasteiger partial charge in [-0.3, -0.25) is 9.59 Å². The van der Waals surface area contributed by atoms with E-state index in [2.05, 4.69) is 0 Å². The van der Waals surface area contributed by atoms with Crippen LogP contribution in [0.4, 0.5) is 5.69 Å². The van der Waals surface area contributed by atoms with Gasteiger partial charge in [0.1, 0.15) is 0 Å². The third-order valence-corrected chi connectivity index (χ3v) is 5.70. The highest BCUT2D eigenvalue weighted by atomic mass is 16.2. The quantitative estimate of drug-likeness (QED) is 0.848. The van der Waals surface area contributed by atoms with Gasteiger partial charge in [-0.15, -0.1) is 0 Å². The Hall–Kier alpha value is -2.04. The largest absolute Gasteiger partial charge is 0.378 e. The summed E-state index contributed by atoms with van der Waals surface area (Å²) < 4.78 is 0. The van der Waals surface area contributed by atoms with Gasteiger partial charge >= 0.3 is 0 Å². The Morgan fingerprint density at radius 3 is 2.48 bits per heavy atom. The molecular formula is C20H29N3O2. The molecule has 136 valence electrons. The van der Waals surface area contributed by atoms with Crippen molar-refractivity contribution in [1.29, 1.82) is 0 Å². The maximum atomic E-state index is 13.0. The standard InChI is InChI=1S/C20H29N3O2/c1-4-23-18(24)7-5-12-20(23)13-6-14-22(15-20)19(25)16-8-10-17(11-9-16)21(2)3/h8-11H,4-7,12-15H2,1-3H3/t20-/m0/s1. The van der Waals surface area contributed by atoms with E-state index in [4.69, 9.17) is 0 Å². The molecule has 1 aromatic rings. The molecule has 1 atom stereocenters. The number of anilines is 1. The highest BCUT2D eigenvalue weighted by Gasteiger charge is 2.45. The number of nitrogens with zero attached hydrogens (tertiary/aromatic N) is 3. The zero-order valence-electron chi connectivity index (χ0n) is 15.6. The van der Waals surface area contributed by atoms with Gasteiger partial charge in [0.2, 0.25) is 5.91 Å². The molecule has 2 saturated heterocycles. The van der Waals surface area contributed by atoms with Gasteiger partial charge < -0.3 is 14.7 Å². The second-order valence-electron chi connectivity index (χ2n) is 7.49. The number of carbonyl (C=O) groups is 2. The van der Waals surface area contributed by atoms with Gasteiger partial charge in [-0.05, 0) is 56.9 Å². The van der Waals surface area contributed by atoms with Gasteiger partial charge in [0.05, 0.1) is 5.54 Å². The summed E-state index contributed by atoms with van der Waals surface area (Å²) in [6.07, 6.45) is 4.57. The van der Waals surface area contributed by atoms with E-state index in [9.17, 15) is 9.59 Å². The van der Waals surface area contributed by atoms with E-state index in [0.29, 0.717) is 13.0 Å². The van der Waals surface area contributed by atoms with Gasteiger partial charge in [-0.25, -0.2) is 0 Å². The van der Waals surface area contributed by atoms with Crippen molar-refractivity contribution in [3.63, 3.8) is 0 Å². The predicted molar refractivity (Wildman–Crippen MR) is 99.9 cm³/mol. The first-order chi connectivity index (χ1) is 12.0. The average molecular weight is 343 g/mol. The first kappa shape index (κ1) is 17.8. The lowest BCUT2D eigenvalue weighted by Gasteiger charge is -2.52. The van der Waals surface area contributed by atoms with Crippen LogP contribution in [0.3, 0.4) is 0 Å². The Morgan fingerprint density at radius 2 is 1.84 bits per heavy atom. The first-order valence-corrected chi connectivity index (χ1v) is 9.34. The van der Waals surface area contributed by atoms with Gasteiger partial charge in [0.25, 0.3) is 5.91 Å². The van der Waals surface area contributed by atoms with Crippen LogP contribution < -0.4 is 4.90 Å². The number of carbonyl (C=O) groups excluding carboxylic acids is 2. The van der Waals surface area contributed by atoms with Crippen LogP contribution in [-0.2, 0) is 4.79 Å². The zero-order valence-corrected chi connectivity index (χ0v) is 15.6. The summed E-state index contributed by atoms with van der Waals surface area (Å²) in [7, 11) is 3.98. The molecule has 0 saturated carbocycles. The molecule has 2 heterocycles. The highest BCUT2D eigenvalue weighted by Crippen LogP contribution is 2.37. The normalized spacial score (nSPS) is 23.9. The van der Waals surface area contributed by atoms with E-state index in [-0.39, 0.29) is 17.4 Å². The topological polar surface area (TPSA) is 43.9 Å². The van der Waals surface area contributed by atoms with Crippen molar-refractivity contribution in [3.05, 3.63) is 29.8 Å². The molecule has 2 fully saturated rings. The number of likely N-dealkylation sites (N-methyl/N-ethyl adjacent to an activating group) is 1. The summed E-state index contributed by atoms with van der Waals surface area (Å²) in [5.41, 5.74) is 1.66. The van der Waals surface area contributed by atoms with Crippen LogP contribution in [0.1, 0.15) is 49.4 Å². The van der Waals surface area contributed by atoms with E-state index in [1.807, 2.05) is 60.0 Å². The molecule has 2 aliphatic rings. The van der Waals surface area contributed by atoms with Crippen molar-refractivity contribution in [1.82, 2.24) is 9.80 Å². The van der Waals surface area contributed by atoms with Crippen molar-refractivity contribution in [2.75, 3.05) is 38.6 Å². The lowest BCUT2D eigenvalue weighted by Crippen LogP contribution is -2.63. The predicted octanol–water partition coefficient (Wildman–Crippen LogP) is 2.76. The second kappa shape index (κ2) is 7.06. The molecule has 0 unspecified atom stereocenters. The molecule has 2 amide bonds. The highest BCUT2D eigenvalue weighted by molar-refractivity contribution is 5.94. The molecule has 0 aliphatic carbocycles. The third kappa shape index (κ3) is 3.37. The van der Waals surface area contributed by atoms with E-state index in [0.717, 1.165) is 50.0 Å². The van der Waals surface area contributed by atoms with Crippen LogP contribution >= 0.6 is 0 Å². The van der Waals surface area contributed by atoms with E-state index >= 15 is 0 Å². The second-order valence-corrected chi connectivity index (χ2v) is 7.49. The Labute approximate surface area is 150 Å². The van der Waals surface area contributed by atoms with Crippen LogP contribution in [0.5, 0.6) is 0 Å². The SMILES string of the molecule is CCN1C(=O)CCC[C@@]12CCCN(C(=O)c1ccc(N(C)C)cc1)C2. The molecule has 0 radical (unpaired) electrons. The van der Waals surface area contributed by atoms with Gasteiger partial charge in [-0.2, -0.15) is 0 Å². The molecule has 5 heteroatoms. The number of likely N-dealkylation sites (tertiary alicyclic amines) is 2. The molecule has 0 aromatic heterocycles. The Balaban J connectivity index is 1.78. The van der Waals surface area contributed by atoms with Gasteiger partial charge in [0.15, 0.2) is 0 Å². The number of amides is 2. The molecule has 1 aromatic carbocycles. The van der Waals surface area contributed by atoms with Crippen LogP contribution in [0, 0.1) is 0 Å². The fourth-order valence-electron chi connectivity index (χ4n) is 4.41. The number of rotatable bonds is 3. The van der Waals surface area contributed by atoms with E-state index < -0.39 is 0 Å². The third-order valence-electron chi connectivity index (χ3n) is 5.70. The lowest BCUT2D eigenvalue weighted by atomic mass is 9.79. The summed E-state index contributed by atoms with van der Waals surface area (Å²) in [4.78, 5) is 31.4. The lowest BCUT2D eigenvalue weighted by molar-refractivity contribution is -0.144. The summed E-state index contributed by atoms with van der Waals surface area (Å²) in [6, 6.07) is 7.77. The van der Waals surface area contributed by atoms with Crippen LogP contribution in [-0.4, -0.2) is 60.9 Å². The van der Waals surface area contributed by atoms with Crippen molar-refractivity contribution < 1.29 is 9.59 Å². The van der Waals surface area contributed by atoms with Crippen molar-refractivity contribution in [2.45, 2.75) is 44.6 Å². The molecule has 0 N–H and O–H groups in total. The van der Waals surface area contributed by atoms with Crippen LogP contribution in [0.2, 0.25) is 0 Å². The Bertz CT molecular complexity index is 637. The number of hydrogen-bond acceptors (Lipinski definition) is 3. The fourth-order valence-corrected chi connectivity index (χ4v) is 4.41. The minimum atomic E-state index is -0.151. The Kier molecular flexibility index (Phi) is 5.02. The van der Waals surface area contributed by atoms with Gasteiger partial charge in [0, 0.05) is 51.4 Å². The number of piperidine rings is 2. The summed E-state index contributed by atoms with van der Waals surface area (Å²) in [6.45, 7) is 4.23. The minimum Gasteiger partial charge on any atom is -0.378 e. The minimum absolute atomic E-state index is 0.0819. The smallest absolute Gasteiger partial charge is 0.253 e. The summed E-state index contributed by atoms with van der Waals surface area (Å²) in [5, 5.41) is 0. The average Bonchev–Trinajstić information content (AvgIpc) is 2.61. The van der Waals surface area contributed by atoms with Crippen molar-refractivity contribution >= 4 is 17.5 Å². The monoisotopic (exact) mass is 343 g/mol. The molecule has 3 rings (SSSR count). The number of hydrogen-bond donors (Lipinski definition) is 0. The zero-order chi connectivity index (χ0) is 18.0. The van der Waals surface area contributed by atoms with Crippen LogP contribution in [0.25, 0.3) is 0 Å². The molecule has 2 aliphatic heterocycles. The Morgan fingerprint density at radius 1 is 1.16 bits per heavy atom. The molecular weight excluding hydrogens is 314 g/mol. The maximum Gasteiger partial charge on any atom is 0.253 e. The van der Waals surface area contributed by atoms with Crippen molar-refractivity contribution in [2.24, 2.45) is 0 Å². The molecule has 1 spiro atoms. The molecule has 0 bridgehead atoms. The summed E-state index contributed by atoms with van der Waals surface area (Å²) >= 11 is 0. The fraction of sp³-hybridized carbons (Fsp3) is 0.600. The first-order valence-electron chi connectivity index (χ1n) is 9.34. The van der Waals surface area contributed by atoms with Gasteiger partial charge in [-0.1, -0.05) is 0 Å². The number of benzene rings is 1. The van der Waals surface area contributed by atoms with E-state index in [1.54, 1.807) is 0 Å². The summed E-state index contributed by atoms with van der Waals surface area (Å²) in [5.74, 6) is 0.330. The van der Waals surface area contributed by atoms with E-state index in [1.165, 1.54) is 0 Å². The maximum absolute atomic E-state index is 13.0. The van der Waals surface area contributed by atoms with Crippen molar-refractivity contribution in [3.8, 4) is 0 Å². The molecule has 25 heavy (non-hydrogen) atoms. The van der Waals surface area contributed by atoms with Crippen LogP contribution in [0.15, 0.2) is 24.3 Å². The molecule has 5 nitrogen and oxygen atoms in total.